The zero-order chi connectivity index (χ0) is 11.0. The molecule has 0 spiro atoms. The van der Waals surface area contributed by atoms with Gasteiger partial charge in [-0.05, 0) is 33.2 Å². The highest BCUT2D eigenvalue weighted by Gasteiger charge is 2.04. The molecule has 0 aromatic heterocycles. The van der Waals surface area contributed by atoms with Crippen LogP contribution in [0.3, 0.4) is 0 Å². The van der Waals surface area contributed by atoms with Crippen molar-refractivity contribution >= 4 is 21.5 Å². The topological polar surface area (TPSA) is 0 Å². The van der Waals surface area contributed by atoms with Crippen LogP contribution in [0.25, 0.3) is 21.5 Å². The molecule has 1 heteroatoms. The van der Waals surface area contributed by atoms with Crippen molar-refractivity contribution in [2.24, 2.45) is 0 Å². The number of halogens is 1. The van der Waals surface area contributed by atoms with Gasteiger partial charge in [-0.25, -0.2) is 4.39 Å². The number of hydrogen-bond donors (Lipinski definition) is 0. The standard InChI is InChI=1S/C15H11F/c16-10-12-9-11-5-1-2-6-13(11)15-8-4-3-7-14(12)15/h1-9H,10H2. The van der Waals surface area contributed by atoms with Crippen molar-refractivity contribution in [3.05, 3.63) is 60.2 Å². The van der Waals surface area contributed by atoms with Gasteiger partial charge in [-0.1, -0.05) is 48.5 Å². The van der Waals surface area contributed by atoms with Gasteiger partial charge in [-0.15, -0.1) is 0 Å². The highest BCUT2D eigenvalue weighted by Crippen LogP contribution is 2.28. The molecule has 16 heavy (non-hydrogen) atoms. The average Bonchev–Trinajstić information content (AvgIpc) is 2.38. The van der Waals surface area contributed by atoms with Crippen molar-refractivity contribution in [3.63, 3.8) is 0 Å². The van der Waals surface area contributed by atoms with Crippen LogP contribution in [0.2, 0.25) is 0 Å². The van der Waals surface area contributed by atoms with E-state index in [0.717, 1.165) is 21.7 Å². The van der Waals surface area contributed by atoms with Gasteiger partial charge in [0.05, 0.1) is 0 Å². The minimum Gasteiger partial charge on any atom is -0.246 e. The second kappa shape index (κ2) is 3.60. The van der Waals surface area contributed by atoms with Gasteiger partial charge in [-0.2, -0.15) is 0 Å². The SMILES string of the molecule is FCc1cc2ccccc2c2ccccc12. The molecule has 0 saturated heterocycles. The molecule has 78 valence electrons. The summed E-state index contributed by atoms with van der Waals surface area (Å²) in [6.45, 7) is -0.411. The Morgan fingerprint density at radius 1 is 0.750 bits per heavy atom. The number of fused-ring (bicyclic) bond motifs is 3. The van der Waals surface area contributed by atoms with Gasteiger partial charge < -0.3 is 0 Å². The first-order chi connectivity index (χ1) is 7.90. The van der Waals surface area contributed by atoms with E-state index in [2.05, 4.69) is 12.1 Å². The molecule has 0 heterocycles. The molecule has 0 nitrogen and oxygen atoms in total. The summed E-state index contributed by atoms with van der Waals surface area (Å²) >= 11 is 0. The molecule has 0 radical (unpaired) electrons. The third-order valence-corrected chi connectivity index (χ3v) is 3.00. The molecule has 0 atom stereocenters. The van der Waals surface area contributed by atoms with E-state index in [-0.39, 0.29) is 0 Å². The fraction of sp³-hybridized carbons (Fsp3) is 0.0667. The molecule has 0 bridgehead atoms. The second-order valence-corrected chi connectivity index (χ2v) is 3.94. The van der Waals surface area contributed by atoms with Crippen LogP contribution in [0.1, 0.15) is 5.56 Å². The summed E-state index contributed by atoms with van der Waals surface area (Å²) in [5.74, 6) is 0. The molecule has 0 N–H and O–H groups in total. The summed E-state index contributed by atoms with van der Waals surface area (Å²) in [5, 5.41) is 4.45. The van der Waals surface area contributed by atoms with Crippen molar-refractivity contribution in [1.82, 2.24) is 0 Å². The highest BCUT2D eigenvalue weighted by molar-refractivity contribution is 6.08. The fourth-order valence-electron chi connectivity index (χ4n) is 2.24. The quantitative estimate of drug-likeness (QED) is 0.520. The molecular formula is C15H11F. The van der Waals surface area contributed by atoms with Crippen molar-refractivity contribution in [2.45, 2.75) is 6.67 Å². The lowest BCUT2D eigenvalue weighted by molar-refractivity contribution is 0.488. The van der Waals surface area contributed by atoms with Crippen LogP contribution in [0.4, 0.5) is 4.39 Å². The van der Waals surface area contributed by atoms with Gasteiger partial charge in [0.1, 0.15) is 6.67 Å². The number of hydrogen-bond acceptors (Lipinski definition) is 0. The van der Waals surface area contributed by atoms with Gasteiger partial charge in [-0.3, -0.25) is 0 Å². The lowest BCUT2D eigenvalue weighted by Gasteiger charge is -2.07. The summed E-state index contributed by atoms with van der Waals surface area (Å²) in [6, 6.07) is 18.0. The van der Waals surface area contributed by atoms with E-state index in [9.17, 15) is 4.39 Å². The zero-order valence-electron chi connectivity index (χ0n) is 8.78. The summed E-state index contributed by atoms with van der Waals surface area (Å²) in [4.78, 5) is 0. The minimum atomic E-state index is -0.411. The van der Waals surface area contributed by atoms with Crippen molar-refractivity contribution in [1.29, 1.82) is 0 Å². The van der Waals surface area contributed by atoms with Crippen LogP contribution >= 0.6 is 0 Å². The first kappa shape index (κ1) is 9.34. The first-order valence-electron chi connectivity index (χ1n) is 5.35. The molecular weight excluding hydrogens is 199 g/mol. The van der Waals surface area contributed by atoms with Crippen molar-refractivity contribution in [2.75, 3.05) is 0 Å². The van der Waals surface area contributed by atoms with Crippen LogP contribution in [0, 0.1) is 0 Å². The molecule has 0 aliphatic carbocycles. The molecule has 3 rings (SSSR count). The molecule has 0 saturated carbocycles. The smallest absolute Gasteiger partial charge is 0.115 e. The molecule has 0 amide bonds. The van der Waals surface area contributed by atoms with E-state index >= 15 is 0 Å². The van der Waals surface area contributed by atoms with E-state index in [0.29, 0.717) is 0 Å². The monoisotopic (exact) mass is 210 g/mol. The molecule has 3 aromatic carbocycles. The van der Waals surface area contributed by atoms with E-state index in [1.54, 1.807) is 0 Å². The van der Waals surface area contributed by atoms with Gasteiger partial charge in [0, 0.05) is 0 Å². The molecule has 3 aromatic rings. The van der Waals surface area contributed by atoms with E-state index in [1.165, 1.54) is 5.39 Å². The average molecular weight is 210 g/mol. The third kappa shape index (κ3) is 1.28. The fourth-order valence-corrected chi connectivity index (χ4v) is 2.24. The van der Waals surface area contributed by atoms with Crippen LogP contribution in [0.5, 0.6) is 0 Å². The molecule has 0 aliphatic heterocycles. The lowest BCUT2D eigenvalue weighted by Crippen LogP contribution is -1.84. The predicted molar refractivity (Wildman–Crippen MR) is 66.3 cm³/mol. The van der Waals surface area contributed by atoms with Crippen molar-refractivity contribution in [3.8, 4) is 0 Å². The number of alkyl halides is 1. The Kier molecular flexibility index (Phi) is 2.10. The lowest BCUT2D eigenvalue weighted by atomic mass is 9.98. The summed E-state index contributed by atoms with van der Waals surface area (Å²) in [7, 11) is 0. The Labute approximate surface area is 93.3 Å². The third-order valence-electron chi connectivity index (χ3n) is 3.00. The maximum atomic E-state index is 13.0. The minimum absolute atomic E-state index is 0.411. The van der Waals surface area contributed by atoms with Gasteiger partial charge >= 0.3 is 0 Å². The van der Waals surface area contributed by atoms with Crippen LogP contribution in [-0.4, -0.2) is 0 Å². The summed E-state index contributed by atoms with van der Waals surface area (Å²) in [6.07, 6.45) is 0. The summed E-state index contributed by atoms with van der Waals surface area (Å²) < 4.78 is 13.0. The van der Waals surface area contributed by atoms with Crippen molar-refractivity contribution < 1.29 is 4.39 Å². The Hall–Kier alpha value is -1.89. The predicted octanol–water partition coefficient (Wildman–Crippen LogP) is 4.46. The van der Waals surface area contributed by atoms with Crippen LogP contribution in [-0.2, 0) is 6.67 Å². The molecule has 0 unspecified atom stereocenters. The van der Waals surface area contributed by atoms with Crippen LogP contribution < -0.4 is 0 Å². The van der Waals surface area contributed by atoms with Gasteiger partial charge in [0.2, 0.25) is 0 Å². The Morgan fingerprint density at radius 2 is 1.38 bits per heavy atom. The Bertz CT molecular complexity index is 656. The Morgan fingerprint density at radius 3 is 2.12 bits per heavy atom. The summed E-state index contributed by atoms with van der Waals surface area (Å²) in [5.41, 5.74) is 0.773. The second-order valence-electron chi connectivity index (χ2n) is 3.94. The number of benzene rings is 3. The largest absolute Gasteiger partial charge is 0.246 e. The maximum Gasteiger partial charge on any atom is 0.115 e. The Balaban J connectivity index is 2.57. The van der Waals surface area contributed by atoms with Gasteiger partial charge in [0.15, 0.2) is 0 Å². The maximum absolute atomic E-state index is 13.0. The van der Waals surface area contributed by atoms with E-state index < -0.39 is 6.67 Å². The van der Waals surface area contributed by atoms with Crippen LogP contribution in [0.15, 0.2) is 54.6 Å². The first-order valence-corrected chi connectivity index (χ1v) is 5.35. The normalized spacial score (nSPS) is 11.1. The van der Waals surface area contributed by atoms with Gasteiger partial charge in [0.25, 0.3) is 0 Å². The molecule has 0 fully saturated rings. The molecule has 0 aliphatic rings. The zero-order valence-corrected chi connectivity index (χ0v) is 8.78. The highest BCUT2D eigenvalue weighted by atomic mass is 19.1. The van der Waals surface area contributed by atoms with E-state index in [1.807, 2.05) is 42.5 Å². The number of rotatable bonds is 1. The van der Waals surface area contributed by atoms with E-state index in [4.69, 9.17) is 0 Å².